The summed E-state index contributed by atoms with van der Waals surface area (Å²) >= 11 is 4.83. The number of carboxylic acid groups (broad SMARTS) is 1. The first-order chi connectivity index (χ1) is 49.9. The number of rotatable bonds is 28. The smallest absolute Gasteiger partial charge is 0.303 e. The van der Waals surface area contributed by atoms with Crippen LogP contribution in [0.1, 0.15) is 193 Å². The van der Waals surface area contributed by atoms with Crippen LogP contribution < -0.4 is 11.5 Å². The van der Waals surface area contributed by atoms with Gasteiger partial charge in [-0.1, -0.05) is 149 Å². The summed E-state index contributed by atoms with van der Waals surface area (Å²) in [4.78, 5) is 134. The van der Waals surface area contributed by atoms with Crippen LogP contribution in [0.4, 0.5) is 0 Å². The van der Waals surface area contributed by atoms with Crippen molar-refractivity contribution in [2.24, 2.45) is 39.5 Å². The van der Waals surface area contributed by atoms with Gasteiger partial charge < -0.3 is 46.6 Å². The number of nitrogens with two attached hydrogens (primary N) is 2. The second-order valence-corrected chi connectivity index (χ2v) is 34.1. The van der Waals surface area contributed by atoms with Crippen LogP contribution in [0.15, 0.2) is 89.3 Å². The Balaban J connectivity index is 0.000000240. The molecule has 3 aliphatic heterocycles. The maximum atomic E-state index is 13.6. The number of carbonyl (C=O) groups is 9. The minimum Gasteiger partial charge on any atom is -0.481 e. The number of amides is 3. The van der Waals surface area contributed by atoms with Gasteiger partial charge in [-0.3, -0.25) is 43.2 Å². The summed E-state index contributed by atoms with van der Waals surface area (Å²) in [5.74, 6) is -2.58. The summed E-state index contributed by atoms with van der Waals surface area (Å²) in [6.07, 6.45) is 4.00. The van der Waals surface area contributed by atoms with Crippen LogP contribution in [0.25, 0.3) is 31.3 Å². The fourth-order valence-corrected chi connectivity index (χ4v) is 15.8. The van der Waals surface area contributed by atoms with Gasteiger partial charge in [-0.15, -0.1) is 34.0 Å². The summed E-state index contributed by atoms with van der Waals surface area (Å²) in [5.41, 5.74) is 25.4. The molecule has 106 heavy (non-hydrogen) atoms. The molecule has 0 saturated carbocycles. The van der Waals surface area contributed by atoms with E-state index in [0.29, 0.717) is 44.9 Å². The molecule has 8 N–H and O–H groups in total. The quantitative estimate of drug-likeness (QED) is 0.0266. The predicted octanol–water partition coefficient (Wildman–Crippen LogP) is 12.4. The zero-order chi connectivity index (χ0) is 78.5. The summed E-state index contributed by atoms with van der Waals surface area (Å²) in [7, 11) is 0. The van der Waals surface area contributed by atoms with Gasteiger partial charge in [-0.2, -0.15) is 0 Å². The van der Waals surface area contributed by atoms with Crippen LogP contribution in [0, 0.1) is 48.9 Å². The molecule has 9 atom stereocenters. The lowest BCUT2D eigenvalue weighted by Gasteiger charge is -2.34. The van der Waals surface area contributed by atoms with E-state index in [2.05, 4.69) is 39.2 Å². The zero-order valence-electron chi connectivity index (χ0n) is 64.5. The molecular weight excluding hydrogens is 1400 g/mol. The topological polar surface area (TPSA) is 335 Å². The first kappa shape index (κ1) is 87.5. The number of hydrogen-bond acceptors (Lipinski definition) is 20. The number of aliphatic hydroxyl groups is 3. The van der Waals surface area contributed by atoms with Crippen LogP contribution in [0.3, 0.4) is 0 Å². The van der Waals surface area contributed by atoms with E-state index in [4.69, 9.17) is 16.6 Å². The zero-order valence-corrected chi connectivity index (χ0v) is 67.0. The molecule has 0 bridgehead atoms. The Morgan fingerprint density at radius 3 is 0.981 bits per heavy atom. The van der Waals surface area contributed by atoms with Crippen LogP contribution in [0.5, 0.6) is 0 Å². The lowest BCUT2D eigenvalue weighted by molar-refractivity contribution is -0.146. The number of ketones is 5. The second-order valence-electron chi connectivity index (χ2n) is 31.6. The molecule has 578 valence electrons. The molecule has 3 fully saturated rings. The molecule has 3 aromatic carbocycles. The summed E-state index contributed by atoms with van der Waals surface area (Å²) < 4.78 is 0. The normalized spacial score (nSPS) is 18.8. The van der Waals surface area contributed by atoms with E-state index >= 15 is 0 Å². The molecule has 0 spiro atoms. The largest absolute Gasteiger partial charge is 0.481 e. The molecule has 3 aromatic heterocycles. The maximum absolute atomic E-state index is 13.6. The third kappa shape index (κ3) is 25.3. The highest BCUT2D eigenvalue weighted by molar-refractivity contribution is 7.14. The standard InChI is InChI=1S/C28H38N2O4S.C27H37N3O4S.C23H31N3O3S.C4H8O2/c1-6-7-21(31)14-23(28(3,4)5)27(34)30-16-22(32)15-24(30)25(33)13-10-19-8-11-20(12-9-19)26-18(2)29-17-35-26;1-17-25(35-16-29-17)19-8-5-18(6-9-19)7-10-24(33)23-14-21(32)15-30(23)26(34)22(27(2,3)4)13-20(31)11-12-28;1-14-20(30-13-25-14)16-8-5-15(6-9-16)7-10-19(28)18-11-17(27)12-26(18)22(29)21(24)23(2,3)4;1-2-3-4(5)6/h8-9,11-12,17,22-24,32H,6-7,10,13-16H2,1-5H3;5-6,8-9,16,21-23,32H,7,10-15,28H2,1-4H3;5-6,8-9,13,17-18,21,27H,7,10-12,24H2,1-4H3;2-3H2,1H3,(H,5,6)/t22-,23-,24+;21-,22-,23+;17-,18+,21-;/m111./s1. The number of carbonyl (C=O) groups excluding carboxylic acids is 8. The minimum atomic E-state index is -0.741. The number of Topliss-reactive ketones (excluding diaryl/α,β-unsaturated/α-hetero) is 5. The van der Waals surface area contributed by atoms with Crippen molar-refractivity contribution in [1.29, 1.82) is 0 Å². The highest BCUT2D eigenvalue weighted by atomic mass is 32.1. The molecule has 3 amide bonds. The summed E-state index contributed by atoms with van der Waals surface area (Å²) in [6.45, 7) is 27.8. The molecule has 0 unspecified atom stereocenters. The lowest BCUT2D eigenvalue weighted by atomic mass is 9.76. The van der Waals surface area contributed by atoms with Gasteiger partial charge in [-0.05, 0) is 109 Å². The van der Waals surface area contributed by atoms with Crippen molar-refractivity contribution in [3.8, 4) is 31.3 Å². The van der Waals surface area contributed by atoms with Gasteiger partial charge in [0.1, 0.15) is 11.6 Å². The number of aromatic nitrogens is 3. The lowest BCUT2D eigenvalue weighted by Crippen LogP contribution is -2.53. The first-order valence-corrected chi connectivity index (χ1v) is 39.7. The van der Waals surface area contributed by atoms with Crippen molar-refractivity contribution in [3.05, 3.63) is 123 Å². The van der Waals surface area contributed by atoms with Gasteiger partial charge in [0.05, 0.1) is 90.7 Å². The average Bonchev–Trinajstić information content (AvgIpc) is 1.63. The molecule has 3 aliphatic rings. The van der Waals surface area contributed by atoms with Gasteiger partial charge in [0.25, 0.3) is 0 Å². The Morgan fingerprint density at radius 2 is 0.745 bits per heavy atom. The van der Waals surface area contributed by atoms with E-state index < -0.39 is 76.5 Å². The number of aliphatic hydroxyl groups excluding tert-OH is 3. The molecule has 9 rings (SSSR count). The van der Waals surface area contributed by atoms with Crippen LogP contribution in [-0.2, 0) is 62.4 Å². The Bertz CT molecular complexity index is 3740. The number of nitrogens with zero attached hydrogens (tertiary/aromatic N) is 6. The van der Waals surface area contributed by atoms with Crippen molar-refractivity contribution in [2.75, 3.05) is 26.2 Å². The number of β-amino-alcohol motifs (C(OH)–C–C–N with tert-alkyl or cyclic N) is 3. The number of likely N-dealkylation sites (tertiary alicyclic amines) is 3. The van der Waals surface area contributed by atoms with E-state index in [-0.39, 0.29) is 118 Å². The maximum Gasteiger partial charge on any atom is 0.303 e. The number of thiazole rings is 3. The van der Waals surface area contributed by atoms with Crippen LogP contribution in [0.2, 0.25) is 0 Å². The van der Waals surface area contributed by atoms with E-state index in [1.54, 1.807) is 34.0 Å². The Labute approximate surface area is 638 Å². The van der Waals surface area contributed by atoms with Crippen LogP contribution >= 0.6 is 34.0 Å². The molecule has 0 radical (unpaired) electrons. The van der Waals surface area contributed by atoms with E-state index in [1.807, 2.05) is 162 Å². The van der Waals surface area contributed by atoms with Gasteiger partial charge in [0.2, 0.25) is 17.7 Å². The van der Waals surface area contributed by atoms with E-state index in [1.165, 1.54) is 14.7 Å². The number of benzene rings is 3. The molecule has 24 heteroatoms. The van der Waals surface area contributed by atoms with Gasteiger partial charge in [0, 0.05) is 102 Å². The van der Waals surface area contributed by atoms with Gasteiger partial charge >= 0.3 is 5.97 Å². The molecule has 0 aliphatic carbocycles. The van der Waals surface area contributed by atoms with Crippen molar-refractivity contribution < 1.29 is 63.6 Å². The van der Waals surface area contributed by atoms with Crippen molar-refractivity contribution >= 4 is 86.6 Å². The average molecular weight is 1520 g/mol. The third-order valence-corrected chi connectivity index (χ3v) is 22.8. The minimum absolute atomic E-state index is 0.0246. The number of aryl methyl sites for hydroxylation is 6. The summed E-state index contributed by atoms with van der Waals surface area (Å²) in [6, 6.07) is 21.9. The Kier molecular flexibility index (Phi) is 33.1. The Morgan fingerprint density at radius 1 is 0.453 bits per heavy atom. The van der Waals surface area contributed by atoms with Crippen molar-refractivity contribution in [2.45, 2.75) is 242 Å². The fraction of sp³-hybridized carbons (Fsp3) is 0.561. The molecule has 6 aromatic rings. The van der Waals surface area contributed by atoms with Crippen LogP contribution in [-0.4, -0.2) is 171 Å². The SMILES string of the molecule is CCCC(=O)C[C@H](C(=O)N1C[C@H](O)C[C@H]1C(=O)CCc1ccc(-c2scnc2C)cc1)C(C)(C)C.CCCC(=O)O.Cc1ncsc1-c1ccc(CCC(=O)[C@@H]2C[C@@H](O)CN2C(=O)[C@@H](CC(=O)CCN)C(C)(C)C)cc1.Cc1ncsc1-c1ccc(CCC(=O)[C@@H]2C[C@@H](O)CN2C(=O)[C@@H](N)C(C)(C)C)cc1. The van der Waals surface area contributed by atoms with Gasteiger partial charge in [-0.25, -0.2) is 15.0 Å². The van der Waals surface area contributed by atoms with E-state index in [9.17, 15) is 58.5 Å². The monoisotopic (exact) mass is 1510 g/mol. The van der Waals surface area contributed by atoms with Gasteiger partial charge in [0.15, 0.2) is 17.3 Å². The van der Waals surface area contributed by atoms with Crippen molar-refractivity contribution in [1.82, 2.24) is 29.7 Å². The molecular formula is C82H114N8O13S3. The number of aliphatic carboxylic acids is 1. The molecule has 6 heterocycles. The highest BCUT2D eigenvalue weighted by Gasteiger charge is 2.47. The Hall–Kier alpha value is -7.42. The molecule has 3 saturated heterocycles. The number of hydrogen-bond donors (Lipinski definition) is 6. The molecule has 21 nitrogen and oxygen atoms in total. The van der Waals surface area contributed by atoms with E-state index in [0.717, 1.165) is 77.9 Å². The second kappa shape index (κ2) is 40.1. The third-order valence-electron chi connectivity index (χ3n) is 19.8. The fourth-order valence-electron chi connectivity index (χ4n) is 13.4. The predicted molar refractivity (Wildman–Crippen MR) is 419 cm³/mol. The van der Waals surface area contributed by atoms with Crippen molar-refractivity contribution in [3.63, 3.8) is 0 Å². The first-order valence-electron chi connectivity index (χ1n) is 37.1. The number of carboxylic acids is 1. The highest BCUT2D eigenvalue weighted by Crippen LogP contribution is 2.38. The summed E-state index contributed by atoms with van der Waals surface area (Å²) in [5, 5.41) is 38.6.